The second-order valence-corrected chi connectivity index (χ2v) is 11.9. The van der Waals surface area contributed by atoms with E-state index in [0.717, 1.165) is 11.1 Å². The molecule has 4 rings (SSSR count). The first-order chi connectivity index (χ1) is 21.1. The standard InChI is InChI=1S/C33H35N2O8P/c1-42-28-12-6-10-26(21-28)33(44(39,40)41,27-11-7-13-29(22-27)43-2)35-30(32(38)34-19-18-31(36)37)20-23-14-16-25(17-15-23)24-8-4-3-5-9-24/h3-17,21-22,30,35H,18-20H2,1-2H3,(H,34,38)(H,36,37)(H2,39,40,41)/t30-/m0/s1. The first kappa shape index (κ1) is 32.4. The Morgan fingerprint density at radius 3 is 1.84 bits per heavy atom. The van der Waals surface area contributed by atoms with E-state index in [1.54, 1.807) is 36.4 Å². The average Bonchev–Trinajstić information content (AvgIpc) is 3.03. The molecule has 1 amide bonds. The summed E-state index contributed by atoms with van der Waals surface area (Å²) in [5.74, 6) is -1.02. The molecule has 0 saturated heterocycles. The van der Waals surface area contributed by atoms with E-state index in [9.17, 15) is 23.9 Å². The summed E-state index contributed by atoms with van der Waals surface area (Å²) in [6, 6.07) is 28.6. The maximum Gasteiger partial charge on any atom is 0.354 e. The van der Waals surface area contributed by atoms with Crippen LogP contribution in [0.25, 0.3) is 11.1 Å². The number of benzene rings is 4. The van der Waals surface area contributed by atoms with Crippen LogP contribution >= 0.6 is 7.60 Å². The number of nitrogens with one attached hydrogen (secondary N) is 2. The fourth-order valence-corrected chi connectivity index (χ4v) is 6.30. The number of methoxy groups -OCH3 is 2. The van der Waals surface area contributed by atoms with Gasteiger partial charge in [0.2, 0.25) is 5.91 Å². The smallest absolute Gasteiger partial charge is 0.354 e. The molecule has 230 valence electrons. The van der Waals surface area contributed by atoms with Gasteiger partial charge in [-0.25, -0.2) is 0 Å². The molecule has 0 aromatic heterocycles. The van der Waals surface area contributed by atoms with E-state index in [1.807, 2.05) is 54.6 Å². The molecule has 11 heteroatoms. The van der Waals surface area contributed by atoms with Crippen molar-refractivity contribution in [2.24, 2.45) is 0 Å². The second-order valence-electron chi connectivity index (χ2n) is 10.1. The molecule has 4 aromatic rings. The van der Waals surface area contributed by atoms with Gasteiger partial charge in [-0.3, -0.25) is 19.5 Å². The van der Waals surface area contributed by atoms with E-state index in [1.165, 1.54) is 26.4 Å². The fourth-order valence-electron chi connectivity index (χ4n) is 5.03. The summed E-state index contributed by atoms with van der Waals surface area (Å²) < 4.78 is 24.5. The number of rotatable bonds is 14. The van der Waals surface area contributed by atoms with Crippen LogP contribution in [0.4, 0.5) is 0 Å². The highest BCUT2D eigenvalue weighted by atomic mass is 31.2. The van der Waals surface area contributed by atoms with Crippen molar-refractivity contribution in [3.63, 3.8) is 0 Å². The largest absolute Gasteiger partial charge is 0.497 e. The van der Waals surface area contributed by atoms with Gasteiger partial charge in [0, 0.05) is 6.54 Å². The maximum absolute atomic E-state index is 13.7. The van der Waals surface area contributed by atoms with Gasteiger partial charge in [-0.15, -0.1) is 0 Å². The van der Waals surface area contributed by atoms with Gasteiger partial charge in [0.1, 0.15) is 11.5 Å². The van der Waals surface area contributed by atoms with Crippen molar-refractivity contribution < 1.29 is 38.5 Å². The fraction of sp³-hybridized carbons (Fsp3) is 0.212. The van der Waals surface area contributed by atoms with Gasteiger partial charge in [0.05, 0.1) is 26.7 Å². The van der Waals surface area contributed by atoms with Gasteiger partial charge in [-0.2, -0.15) is 0 Å². The minimum Gasteiger partial charge on any atom is -0.497 e. The second kappa shape index (κ2) is 14.3. The third-order valence-corrected chi connectivity index (χ3v) is 8.77. The molecule has 0 aliphatic carbocycles. The molecule has 0 heterocycles. The van der Waals surface area contributed by atoms with Crippen molar-refractivity contribution >= 4 is 19.5 Å². The lowest BCUT2D eigenvalue weighted by molar-refractivity contribution is -0.137. The summed E-state index contributed by atoms with van der Waals surface area (Å²) in [5, 5.41) is 12.5. The lowest BCUT2D eigenvalue weighted by Crippen LogP contribution is -2.55. The highest BCUT2D eigenvalue weighted by molar-refractivity contribution is 7.53. The number of ether oxygens (including phenoxy) is 2. The van der Waals surface area contributed by atoms with Crippen molar-refractivity contribution in [1.29, 1.82) is 0 Å². The Kier molecular flexibility index (Phi) is 10.6. The Morgan fingerprint density at radius 2 is 1.34 bits per heavy atom. The Morgan fingerprint density at radius 1 is 0.795 bits per heavy atom. The molecular weight excluding hydrogens is 583 g/mol. The van der Waals surface area contributed by atoms with Gasteiger partial charge in [-0.05, 0) is 58.5 Å². The minimum absolute atomic E-state index is 0.0314. The van der Waals surface area contributed by atoms with Crippen molar-refractivity contribution in [2.75, 3.05) is 20.8 Å². The quantitative estimate of drug-likeness (QED) is 0.128. The zero-order chi connectivity index (χ0) is 31.7. The predicted octanol–water partition coefficient (Wildman–Crippen LogP) is 4.54. The summed E-state index contributed by atoms with van der Waals surface area (Å²) in [6.07, 6.45) is -0.288. The number of carbonyl (C=O) groups excluding carboxylic acids is 1. The summed E-state index contributed by atoms with van der Waals surface area (Å²) in [6.45, 7) is -0.166. The Hall–Kier alpha value is -4.47. The van der Waals surface area contributed by atoms with E-state index in [4.69, 9.17) is 14.6 Å². The van der Waals surface area contributed by atoms with Crippen molar-refractivity contribution in [3.05, 3.63) is 120 Å². The number of amides is 1. The number of hydrogen-bond acceptors (Lipinski definition) is 6. The first-order valence-corrected chi connectivity index (χ1v) is 15.4. The lowest BCUT2D eigenvalue weighted by atomic mass is 9.94. The van der Waals surface area contributed by atoms with Gasteiger partial charge < -0.3 is 29.7 Å². The van der Waals surface area contributed by atoms with E-state index < -0.39 is 30.8 Å². The van der Waals surface area contributed by atoms with Crippen LogP contribution in [0.3, 0.4) is 0 Å². The minimum atomic E-state index is -5.20. The van der Waals surface area contributed by atoms with Crippen LogP contribution in [-0.2, 0) is 25.9 Å². The predicted molar refractivity (Wildman–Crippen MR) is 167 cm³/mol. The van der Waals surface area contributed by atoms with Crippen LogP contribution in [0.2, 0.25) is 0 Å². The molecular formula is C33H35N2O8P. The van der Waals surface area contributed by atoms with Gasteiger partial charge in [0.25, 0.3) is 0 Å². The van der Waals surface area contributed by atoms with Crippen molar-refractivity contribution in [2.45, 2.75) is 24.2 Å². The van der Waals surface area contributed by atoms with Crippen LogP contribution in [0, 0.1) is 0 Å². The molecule has 1 atom stereocenters. The summed E-state index contributed by atoms with van der Waals surface area (Å²) in [7, 11) is -2.32. The van der Waals surface area contributed by atoms with E-state index in [2.05, 4.69) is 10.6 Å². The molecule has 0 fully saturated rings. The number of carboxylic acid groups (broad SMARTS) is 1. The number of carboxylic acids is 1. The third kappa shape index (κ3) is 7.53. The summed E-state index contributed by atoms with van der Waals surface area (Å²) >= 11 is 0. The zero-order valence-corrected chi connectivity index (χ0v) is 25.2. The highest BCUT2D eigenvalue weighted by Gasteiger charge is 2.52. The number of hydrogen-bond donors (Lipinski definition) is 5. The molecule has 10 nitrogen and oxygen atoms in total. The molecule has 44 heavy (non-hydrogen) atoms. The topological polar surface area (TPSA) is 154 Å². The van der Waals surface area contributed by atoms with Gasteiger partial charge in [0.15, 0.2) is 5.28 Å². The normalized spacial score (nSPS) is 12.3. The van der Waals surface area contributed by atoms with Gasteiger partial charge >= 0.3 is 13.6 Å². The van der Waals surface area contributed by atoms with Crippen LogP contribution in [-0.4, -0.2) is 53.6 Å². The molecule has 0 aliphatic heterocycles. The summed E-state index contributed by atoms with van der Waals surface area (Å²) in [5.41, 5.74) is 2.99. The van der Waals surface area contributed by atoms with E-state index in [-0.39, 0.29) is 30.5 Å². The molecule has 0 saturated carbocycles. The molecule has 0 aliphatic rings. The molecule has 0 bridgehead atoms. The molecule has 0 spiro atoms. The van der Waals surface area contributed by atoms with Gasteiger partial charge in [-0.1, -0.05) is 78.9 Å². The zero-order valence-electron chi connectivity index (χ0n) is 24.3. The number of carbonyl (C=O) groups is 2. The number of aliphatic carboxylic acids is 1. The van der Waals surface area contributed by atoms with Crippen LogP contribution in [0.5, 0.6) is 11.5 Å². The Labute approximate surface area is 255 Å². The summed E-state index contributed by atoms with van der Waals surface area (Å²) in [4.78, 5) is 47.1. The molecule has 4 aromatic carbocycles. The molecule has 0 unspecified atom stereocenters. The van der Waals surface area contributed by atoms with Crippen molar-refractivity contribution in [3.8, 4) is 22.6 Å². The van der Waals surface area contributed by atoms with Crippen molar-refractivity contribution in [1.82, 2.24) is 10.6 Å². The molecule has 0 radical (unpaired) electrons. The lowest BCUT2D eigenvalue weighted by Gasteiger charge is -2.39. The highest BCUT2D eigenvalue weighted by Crippen LogP contribution is 2.59. The van der Waals surface area contributed by atoms with E-state index in [0.29, 0.717) is 17.1 Å². The van der Waals surface area contributed by atoms with Crippen LogP contribution in [0.15, 0.2) is 103 Å². The third-order valence-electron chi connectivity index (χ3n) is 7.25. The first-order valence-electron chi connectivity index (χ1n) is 13.8. The maximum atomic E-state index is 13.7. The Bertz CT molecular complexity index is 1580. The average molecular weight is 619 g/mol. The van der Waals surface area contributed by atoms with Crippen LogP contribution in [0.1, 0.15) is 23.1 Å². The SMILES string of the molecule is COc1cccc(C(N[C@@H](Cc2ccc(-c3ccccc3)cc2)C(=O)NCCC(=O)O)(c2cccc(OC)c2)P(=O)(O)O)c1. The monoisotopic (exact) mass is 618 g/mol. The van der Waals surface area contributed by atoms with Crippen LogP contribution < -0.4 is 20.1 Å². The molecule has 5 N–H and O–H groups in total. The Balaban J connectivity index is 1.83. The van der Waals surface area contributed by atoms with E-state index >= 15 is 0 Å².